The number of pyridine rings is 1. The number of hydrogen-bond donors (Lipinski definition) is 1. The highest BCUT2D eigenvalue weighted by Crippen LogP contribution is 2.23. The third kappa shape index (κ3) is 3.70. The van der Waals surface area contributed by atoms with Crippen LogP contribution in [0.3, 0.4) is 0 Å². The second-order valence-corrected chi connectivity index (χ2v) is 6.97. The van der Waals surface area contributed by atoms with Gasteiger partial charge >= 0.3 is 0 Å². The van der Waals surface area contributed by atoms with E-state index in [4.69, 9.17) is 0 Å². The highest BCUT2D eigenvalue weighted by molar-refractivity contribution is 5.26. The number of hydrogen-bond acceptors (Lipinski definition) is 3. The van der Waals surface area contributed by atoms with Crippen molar-refractivity contribution >= 4 is 0 Å². The lowest BCUT2D eigenvalue weighted by Gasteiger charge is -2.31. The molecule has 1 aromatic carbocycles. The molecule has 2 aromatic rings. The van der Waals surface area contributed by atoms with Crippen LogP contribution in [0.2, 0.25) is 0 Å². The molecule has 1 aromatic heterocycles. The summed E-state index contributed by atoms with van der Waals surface area (Å²) < 4.78 is 2.03. The van der Waals surface area contributed by atoms with Gasteiger partial charge in [0.05, 0.1) is 12.2 Å². The van der Waals surface area contributed by atoms with E-state index < -0.39 is 0 Å². The van der Waals surface area contributed by atoms with E-state index >= 15 is 0 Å². The zero-order chi connectivity index (χ0) is 17.1. The molecule has 1 aliphatic rings. The minimum atomic E-state index is -0.299. The zero-order valence-electron chi connectivity index (χ0n) is 14.5. The average molecular weight is 326 g/mol. The minimum Gasteiger partial charge on any atom is -0.503 e. The SMILES string of the molecule is CC1CCN(Cc2cc(=O)c(O)cn2C(C)c2ccccc2)CC1. The molecule has 0 bridgehead atoms. The Balaban J connectivity index is 1.90. The maximum absolute atomic E-state index is 12.0. The van der Waals surface area contributed by atoms with E-state index in [0.29, 0.717) is 0 Å². The standard InChI is InChI=1S/C20H26N2O2/c1-15-8-10-21(11-9-15)13-18-12-19(23)20(24)14-22(18)16(2)17-6-4-3-5-7-17/h3-7,12,14-16,24H,8-11,13H2,1-2H3. The smallest absolute Gasteiger partial charge is 0.223 e. The van der Waals surface area contributed by atoms with Crippen molar-refractivity contribution in [3.63, 3.8) is 0 Å². The van der Waals surface area contributed by atoms with Crippen LogP contribution in [-0.2, 0) is 6.54 Å². The van der Waals surface area contributed by atoms with Crippen molar-refractivity contribution in [2.24, 2.45) is 5.92 Å². The lowest BCUT2D eigenvalue weighted by atomic mass is 9.99. The van der Waals surface area contributed by atoms with Crippen molar-refractivity contribution in [1.29, 1.82) is 0 Å². The van der Waals surface area contributed by atoms with Gasteiger partial charge in [-0.1, -0.05) is 37.3 Å². The van der Waals surface area contributed by atoms with Gasteiger partial charge in [-0.3, -0.25) is 9.69 Å². The van der Waals surface area contributed by atoms with Gasteiger partial charge in [0.25, 0.3) is 0 Å². The van der Waals surface area contributed by atoms with Gasteiger partial charge < -0.3 is 9.67 Å². The molecule has 4 heteroatoms. The maximum atomic E-state index is 12.0. The molecule has 1 unspecified atom stereocenters. The van der Waals surface area contributed by atoms with E-state index in [1.165, 1.54) is 12.8 Å². The number of nitrogens with zero attached hydrogens (tertiary/aromatic N) is 2. The van der Waals surface area contributed by atoms with Crippen molar-refractivity contribution in [3.05, 3.63) is 64.1 Å². The van der Waals surface area contributed by atoms with Crippen molar-refractivity contribution in [1.82, 2.24) is 9.47 Å². The van der Waals surface area contributed by atoms with Crippen LogP contribution in [0.25, 0.3) is 0 Å². The molecule has 128 valence electrons. The summed E-state index contributed by atoms with van der Waals surface area (Å²) in [4.78, 5) is 14.4. The monoisotopic (exact) mass is 326 g/mol. The van der Waals surface area contributed by atoms with Crippen LogP contribution >= 0.6 is 0 Å². The van der Waals surface area contributed by atoms with Gasteiger partial charge in [0.15, 0.2) is 5.75 Å². The Bertz CT molecular complexity index is 731. The Kier molecular flexibility index (Phi) is 5.05. The van der Waals surface area contributed by atoms with E-state index in [1.807, 2.05) is 22.8 Å². The molecule has 0 radical (unpaired) electrons. The molecule has 24 heavy (non-hydrogen) atoms. The van der Waals surface area contributed by atoms with Crippen LogP contribution in [0.1, 0.15) is 44.0 Å². The molecule has 4 nitrogen and oxygen atoms in total. The second-order valence-electron chi connectivity index (χ2n) is 6.97. The molecular formula is C20H26N2O2. The van der Waals surface area contributed by atoms with Gasteiger partial charge in [0, 0.05) is 18.3 Å². The molecule has 0 amide bonds. The Morgan fingerprint density at radius 3 is 2.54 bits per heavy atom. The molecule has 0 spiro atoms. The van der Waals surface area contributed by atoms with E-state index in [9.17, 15) is 9.90 Å². The fraction of sp³-hybridized carbons (Fsp3) is 0.450. The van der Waals surface area contributed by atoms with Gasteiger partial charge in [-0.05, 0) is 44.3 Å². The molecule has 3 rings (SSSR count). The highest BCUT2D eigenvalue weighted by atomic mass is 16.3. The Morgan fingerprint density at radius 2 is 1.88 bits per heavy atom. The normalized spacial score (nSPS) is 17.8. The summed E-state index contributed by atoms with van der Waals surface area (Å²) in [6.07, 6.45) is 4.00. The van der Waals surface area contributed by atoms with Gasteiger partial charge in [-0.25, -0.2) is 0 Å². The first kappa shape index (κ1) is 16.8. The number of aromatic hydroxyl groups is 1. The van der Waals surface area contributed by atoms with Crippen LogP contribution in [0.5, 0.6) is 5.75 Å². The van der Waals surface area contributed by atoms with E-state index in [1.54, 1.807) is 12.3 Å². The Labute approximate surface area is 143 Å². The van der Waals surface area contributed by atoms with E-state index in [-0.39, 0.29) is 17.2 Å². The van der Waals surface area contributed by atoms with Gasteiger partial charge in [0.1, 0.15) is 0 Å². The first-order chi connectivity index (χ1) is 11.5. The number of piperidine rings is 1. The fourth-order valence-electron chi connectivity index (χ4n) is 3.41. The predicted octanol–water partition coefficient (Wildman–Crippen LogP) is 3.40. The first-order valence-electron chi connectivity index (χ1n) is 8.76. The van der Waals surface area contributed by atoms with Crippen molar-refractivity contribution in [3.8, 4) is 5.75 Å². The van der Waals surface area contributed by atoms with Crippen LogP contribution in [0.4, 0.5) is 0 Å². The molecule has 2 heterocycles. The van der Waals surface area contributed by atoms with Crippen molar-refractivity contribution in [2.45, 2.75) is 39.3 Å². The number of likely N-dealkylation sites (tertiary alicyclic amines) is 1. The third-order valence-electron chi connectivity index (χ3n) is 5.10. The fourth-order valence-corrected chi connectivity index (χ4v) is 3.41. The van der Waals surface area contributed by atoms with Crippen LogP contribution in [-0.4, -0.2) is 27.7 Å². The summed E-state index contributed by atoms with van der Waals surface area (Å²) in [5, 5.41) is 9.91. The maximum Gasteiger partial charge on any atom is 0.223 e. The molecule has 0 aliphatic carbocycles. The Morgan fingerprint density at radius 1 is 1.21 bits per heavy atom. The van der Waals surface area contributed by atoms with Gasteiger partial charge in [-0.15, -0.1) is 0 Å². The molecular weight excluding hydrogens is 300 g/mol. The summed E-state index contributed by atoms with van der Waals surface area (Å²) >= 11 is 0. The van der Waals surface area contributed by atoms with E-state index in [0.717, 1.165) is 36.8 Å². The molecule has 1 N–H and O–H groups in total. The molecule has 1 saturated heterocycles. The Hall–Kier alpha value is -2.07. The first-order valence-corrected chi connectivity index (χ1v) is 8.76. The summed E-state index contributed by atoms with van der Waals surface area (Å²) in [5.41, 5.74) is 1.82. The quantitative estimate of drug-likeness (QED) is 0.937. The lowest BCUT2D eigenvalue weighted by Crippen LogP contribution is -2.34. The average Bonchev–Trinajstić information content (AvgIpc) is 2.60. The van der Waals surface area contributed by atoms with Crippen molar-refractivity contribution < 1.29 is 5.11 Å². The number of aromatic nitrogens is 1. The molecule has 0 saturated carbocycles. The number of rotatable bonds is 4. The molecule has 1 atom stereocenters. The van der Waals surface area contributed by atoms with Crippen LogP contribution in [0.15, 0.2) is 47.4 Å². The van der Waals surface area contributed by atoms with Crippen molar-refractivity contribution in [2.75, 3.05) is 13.1 Å². The summed E-state index contributed by atoms with van der Waals surface area (Å²) in [7, 11) is 0. The number of benzene rings is 1. The zero-order valence-corrected chi connectivity index (χ0v) is 14.5. The highest BCUT2D eigenvalue weighted by Gasteiger charge is 2.19. The molecule has 1 fully saturated rings. The van der Waals surface area contributed by atoms with Crippen LogP contribution in [0, 0.1) is 5.92 Å². The van der Waals surface area contributed by atoms with E-state index in [2.05, 4.69) is 30.9 Å². The van der Waals surface area contributed by atoms with Gasteiger partial charge in [-0.2, -0.15) is 0 Å². The third-order valence-corrected chi connectivity index (χ3v) is 5.10. The minimum absolute atomic E-state index is 0.0661. The topological polar surface area (TPSA) is 45.5 Å². The predicted molar refractivity (Wildman–Crippen MR) is 96.3 cm³/mol. The second kappa shape index (κ2) is 7.22. The summed E-state index contributed by atoms with van der Waals surface area (Å²) in [6, 6.07) is 11.8. The lowest BCUT2D eigenvalue weighted by molar-refractivity contribution is 0.180. The van der Waals surface area contributed by atoms with Gasteiger partial charge in [0.2, 0.25) is 5.43 Å². The summed E-state index contributed by atoms with van der Waals surface area (Å²) in [5.74, 6) is 0.598. The largest absolute Gasteiger partial charge is 0.503 e. The van der Waals surface area contributed by atoms with Crippen LogP contribution < -0.4 is 5.43 Å². The summed E-state index contributed by atoms with van der Waals surface area (Å²) in [6.45, 7) is 7.28. The molecule has 1 aliphatic heterocycles.